The summed E-state index contributed by atoms with van der Waals surface area (Å²) >= 11 is 1.80. The molecule has 0 aliphatic carbocycles. The summed E-state index contributed by atoms with van der Waals surface area (Å²) in [5, 5.41) is 5.02. The molecule has 2 aromatic rings. The second-order valence-electron chi connectivity index (χ2n) is 6.06. The first-order valence-corrected chi connectivity index (χ1v) is 9.29. The lowest BCUT2D eigenvalue weighted by Crippen LogP contribution is -2.40. The summed E-state index contributed by atoms with van der Waals surface area (Å²) in [6.07, 6.45) is 1.98. The van der Waals surface area contributed by atoms with Crippen molar-refractivity contribution in [2.45, 2.75) is 25.8 Å². The molecule has 0 spiro atoms. The largest absolute Gasteiger partial charge is 0.465 e. The van der Waals surface area contributed by atoms with Gasteiger partial charge in [0.25, 0.3) is 0 Å². The van der Waals surface area contributed by atoms with Gasteiger partial charge in [0.2, 0.25) is 5.91 Å². The number of carbonyl (C=O) groups is 2. The van der Waals surface area contributed by atoms with E-state index in [2.05, 4.69) is 28.6 Å². The Morgan fingerprint density at radius 3 is 2.96 bits per heavy atom. The average molecular weight is 358 g/mol. The Morgan fingerprint density at radius 2 is 2.20 bits per heavy atom. The third kappa shape index (κ3) is 3.91. The minimum atomic E-state index is -0.414. The summed E-state index contributed by atoms with van der Waals surface area (Å²) in [7, 11) is 1.34. The van der Waals surface area contributed by atoms with Gasteiger partial charge < -0.3 is 10.1 Å². The fourth-order valence-corrected chi connectivity index (χ4v) is 4.27. The number of hydrogen-bond acceptors (Lipinski definition) is 5. The molecule has 5 nitrogen and oxygen atoms in total. The van der Waals surface area contributed by atoms with E-state index >= 15 is 0 Å². The minimum Gasteiger partial charge on any atom is -0.465 e. The van der Waals surface area contributed by atoms with Gasteiger partial charge in [-0.3, -0.25) is 9.69 Å². The van der Waals surface area contributed by atoms with Gasteiger partial charge in [-0.05, 0) is 48.1 Å². The normalized spacial score (nSPS) is 17.0. The quantitative estimate of drug-likeness (QED) is 0.832. The Morgan fingerprint density at radius 1 is 1.36 bits per heavy atom. The molecule has 25 heavy (non-hydrogen) atoms. The van der Waals surface area contributed by atoms with Crippen molar-refractivity contribution in [3.8, 4) is 0 Å². The molecule has 0 saturated carbocycles. The van der Waals surface area contributed by atoms with E-state index < -0.39 is 5.97 Å². The van der Waals surface area contributed by atoms with Crippen LogP contribution in [0.3, 0.4) is 0 Å². The number of ether oxygens (including phenoxy) is 1. The van der Waals surface area contributed by atoms with Crippen molar-refractivity contribution in [2.24, 2.45) is 0 Å². The lowest BCUT2D eigenvalue weighted by atomic mass is 9.98. The number of amides is 1. The second-order valence-corrected chi connectivity index (χ2v) is 7.06. The lowest BCUT2D eigenvalue weighted by Gasteiger charge is -2.34. The Balaban J connectivity index is 1.66. The summed E-state index contributed by atoms with van der Waals surface area (Å²) in [6.45, 7) is 3.39. The Bertz CT molecular complexity index is 772. The van der Waals surface area contributed by atoms with E-state index in [0.717, 1.165) is 19.4 Å². The van der Waals surface area contributed by atoms with Crippen LogP contribution in [0.25, 0.3) is 0 Å². The number of rotatable bonds is 5. The number of carbonyl (C=O) groups excluding carboxylic acids is 2. The number of hydrogen-bond donors (Lipinski definition) is 1. The highest BCUT2D eigenvalue weighted by molar-refractivity contribution is 7.10. The van der Waals surface area contributed by atoms with Crippen molar-refractivity contribution < 1.29 is 14.3 Å². The molecule has 1 amide bonds. The Hall–Kier alpha value is -2.18. The van der Waals surface area contributed by atoms with Crippen LogP contribution in [0.5, 0.6) is 0 Å². The topological polar surface area (TPSA) is 58.6 Å². The molecule has 1 aliphatic heterocycles. The van der Waals surface area contributed by atoms with Crippen LogP contribution in [-0.4, -0.2) is 37.0 Å². The van der Waals surface area contributed by atoms with Gasteiger partial charge in [-0.15, -0.1) is 11.3 Å². The molecule has 0 bridgehead atoms. The number of nitrogens with zero attached hydrogens (tertiary/aromatic N) is 1. The van der Waals surface area contributed by atoms with Gasteiger partial charge in [0.05, 0.1) is 19.2 Å². The van der Waals surface area contributed by atoms with Crippen LogP contribution in [0, 0.1) is 0 Å². The lowest BCUT2D eigenvalue weighted by molar-refractivity contribution is -0.118. The van der Waals surface area contributed by atoms with E-state index in [0.29, 0.717) is 23.8 Å². The van der Waals surface area contributed by atoms with Gasteiger partial charge in [-0.1, -0.05) is 13.0 Å². The van der Waals surface area contributed by atoms with E-state index in [9.17, 15) is 9.59 Å². The average Bonchev–Trinajstić information content (AvgIpc) is 3.09. The first-order chi connectivity index (χ1) is 12.1. The third-order valence-electron chi connectivity index (χ3n) is 4.51. The number of nitrogens with one attached hydrogen (secondary N) is 1. The fourth-order valence-electron chi connectivity index (χ4n) is 3.34. The minimum absolute atomic E-state index is 0.0702. The molecular weight excluding hydrogens is 336 g/mol. The predicted molar refractivity (Wildman–Crippen MR) is 99.0 cm³/mol. The molecule has 0 fully saturated rings. The maximum absolute atomic E-state index is 12.5. The number of esters is 1. The zero-order valence-electron chi connectivity index (χ0n) is 14.5. The van der Waals surface area contributed by atoms with E-state index in [1.165, 1.54) is 17.6 Å². The summed E-state index contributed by atoms with van der Waals surface area (Å²) in [4.78, 5) is 27.7. The number of methoxy groups -OCH3 is 1. The number of benzene rings is 1. The van der Waals surface area contributed by atoms with Crippen molar-refractivity contribution in [1.82, 2.24) is 4.90 Å². The third-order valence-corrected chi connectivity index (χ3v) is 5.50. The van der Waals surface area contributed by atoms with Crippen LogP contribution >= 0.6 is 11.3 Å². The van der Waals surface area contributed by atoms with Crippen molar-refractivity contribution >= 4 is 28.9 Å². The number of thiophene rings is 1. The molecule has 1 aromatic carbocycles. The van der Waals surface area contributed by atoms with E-state index in [4.69, 9.17) is 4.74 Å². The summed E-state index contributed by atoms with van der Waals surface area (Å²) in [6, 6.07) is 9.27. The smallest absolute Gasteiger partial charge is 0.337 e. The van der Waals surface area contributed by atoms with Crippen LogP contribution in [-0.2, 0) is 16.0 Å². The first kappa shape index (κ1) is 17.6. The zero-order chi connectivity index (χ0) is 17.8. The molecule has 1 unspecified atom stereocenters. The van der Waals surface area contributed by atoms with E-state index in [1.54, 1.807) is 35.6 Å². The molecule has 1 atom stereocenters. The summed E-state index contributed by atoms with van der Waals surface area (Å²) < 4.78 is 4.71. The standard InChI is InChI=1S/C19H22N2O3S/c1-3-16-15-8-10-25-17(15)7-9-21(16)12-18(22)20-14-6-4-5-13(11-14)19(23)24-2/h4-6,8,10-11,16H,3,7,9,12H2,1-2H3,(H,20,22). The molecule has 1 aliphatic rings. The first-order valence-electron chi connectivity index (χ1n) is 8.41. The van der Waals surface area contributed by atoms with Gasteiger partial charge in [0, 0.05) is 23.2 Å². The molecule has 1 aromatic heterocycles. The van der Waals surface area contributed by atoms with Crippen LogP contribution in [0.15, 0.2) is 35.7 Å². The molecule has 0 radical (unpaired) electrons. The highest BCUT2D eigenvalue weighted by Crippen LogP contribution is 2.34. The fraction of sp³-hybridized carbons (Fsp3) is 0.368. The molecule has 0 saturated heterocycles. The molecule has 6 heteroatoms. The van der Waals surface area contributed by atoms with Gasteiger partial charge in [0.15, 0.2) is 0 Å². The SMILES string of the molecule is CCC1c2ccsc2CCN1CC(=O)Nc1cccc(C(=O)OC)c1. The zero-order valence-corrected chi connectivity index (χ0v) is 15.3. The van der Waals surface area contributed by atoms with Gasteiger partial charge >= 0.3 is 5.97 Å². The second kappa shape index (κ2) is 7.80. The maximum atomic E-state index is 12.5. The van der Waals surface area contributed by atoms with Crippen LogP contribution in [0.4, 0.5) is 5.69 Å². The van der Waals surface area contributed by atoms with E-state index in [-0.39, 0.29) is 5.91 Å². The van der Waals surface area contributed by atoms with Crippen molar-refractivity contribution in [3.05, 3.63) is 51.7 Å². The molecule has 1 N–H and O–H groups in total. The van der Waals surface area contributed by atoms with Gasteiger partial charge in [-0.25, -0.2) is 4.79 Å². The van der Waals surface area contributed by atoms with Crippen LogP contribution in [0.1, 0.15) is 40.2 Å². The summed E-state index contributed by atoms with van der Waals surface area (Å²) in [5.41, 5.74) is 2.39. The van der Waals surface area contributed by atoms with Crippen molar-refractivity contribution in [2.75, 3.05) is 25.5 Å². The highest BCUT2D eigenvalue weighted by Gasteiger charge is 2.28. The van der Waals surface area contributed by atoms with Crippen LogP contribution in [0.2, 0.25) is 0 Å². The molecule has 2 heterocycles. The van der Waals surface area contributed by atoms with Crippen molar-refractivity contribution in [3.63, 3.8) is 0 Å². The van der Waals surface area contributed by atoms with Crippen molar-refractivity contribution in [1.29, 1.82) is 0 Å². The van der Waals surface area contributed by atoms with Gasteiger partial charge in [0.1, 0.15) is 0 Å². The molecular formula is C19H22N2O3S. The van der Waals surface area contributed by atoms with Gasteiger partial charge in [-0.2, -0.15) is 0 Å². The summed E-state index contributed by atoms with van der Waals surface area (Å²) in [5.74, 6) is -0.484. The monoisotopic (exact) mass is 358 g/mol. The molecule has 132 valence electrons. The Labute approximate surface area is 151 Å². The Kier molecular flexibility index (Phi) is 5.50. The van der Waals surface area contributed by atoms with Crippen LogP contribution < -0.4 is 5.32 Å². The highest BCUT2D eigenvalue weighted by atomic mass is 32.1. The molecule has 3 rings (SSSR count). The predicted octanol–water partition coefficient (Wildman–Crippen LogP) is 3.48. The number of fused-ring (bicyclic) bond motifs is 1. The maximum Gasteiger partial charge on any atom is 0.337 e. The number of anilines is 1. The van der Waals surface area contributed by atoms with E-state index in [1.807, 2.05) is 0 Å².